The van der Waals surface area contributed by atoms with E-state index in [1.807, 2.05) is 24.3 Å². The Hall–Kier alpha value is -2.34. The molecule has 1 amide bonds. The number of ether oxygens (including phenoxy) is 1. The van der Waals surface area contributed by atoms with Crippen LogP contribution in [0.1, 0.15) is 23.2 Å². The van der Waals surface area contributed by atoms with E-state index in [0.717, 1.165) is 42.9 Å². The summed E-state index contributed by atoms with van der Waals surface area (Å²) in [6, 6.07) is 7.72. The van der Waals surface area contributed by atoms with Gasteiger partial charge in [-0.25, -0.2) is 0 Å². The molecular formula is C16H20N4O2. The molecule has 1 aromatic carbocycles. The SMILES string of the molecule is COc1ccc(-c2[nH]ncc2C(=O)NC2CCCNC2)cc1. The Morgan fingerprint density at radius 1 is 1.36 bits per heavy atom. The molecule has 3 N–H and O–H groups in total. The predicted molar refractivity (Wildman–Crippen MR) is 83.9 cm³/mol. The number of H-pyrrole nitrogens is 1. The van der Waals surface area contributed by atoms with Crippen LogP contribution in [0.15, 0.2) is 30.5 Å². The first-order valence-corrected chi connectivity index (χ1v) is 7.47. The van der Waals surface area contributed by atoms with E-state index >= 15 is 0 Å². The topological polar surface area (TPSA) is 79.0 Å². The van der Waals surface area contributed by atoms with Crippen molar-refractivity contribution in [2.24, 2.45) is 0 Å². The molecule has 2 heterocycles. The number of carbonyl (C=O) groups excluding carboxylic acids is 1. The van der Waals surface area contributed by atoms with Crippen molar-refractivity contribution < 1.29 is 9.53 Å². The molecule has 1 saturated heterocycles. The van der Waals surface area contributed by atoms with Gasteiger partial charge in [-0.15, -0.1) is 0 Å². The molecule has 0 bridgehead atoms. The van der Waals surface area contributed by atoms with Gasteiger partial charge in [0.25, 0.3) is 5.91 Å². The van der Waals surface area contributed by atoms with E-state index in [-0.39, 0.29) is 11.9 Å². The molecule has 0 radical (unpaired) electrons. The summed E-state index contributed by atoms with van der Waals surface area (Å²) in [5, 5.41) is 13.3. The molecule has 6 heteroatoms. The summed E-state index contributed by atoms with van der Waals surface area (Å²) in [6.45, 7) is 1.84. The van der Waals surface area contributed by atoms with Gasteiger partial charge in [-0.3, -0.25) is 9.89 Å². The Morgan fingerprint density at radius 2 is 2.18 bits per heavy atom. The number of hydrogen-bond acceptors (Lipinski definition) is 4. The number of benzene rings is 1. The second kappa shape index (κ2) is 6.62. The highest BCUT2D eigenvalue weighted by atomic mass is 16.5. The Balaban J connectivity index is 1.76. The van der Waals surface area contributed by atoms with Gasteiger partial charge in [-0.2, -0.15) is 5.10 Å². The average Bonchev–Trinajstić information content (AvgIpc) is 3.05. The zero-order valence-corrected chi connectivity index (χ0v) is 12.6. The summed E-state index contributed by atoms with van der Waals surface area (Å²) in [4.78, 5) is 12.5. The van der Waals surface area contributed by atoms with Crippen LogP contribution >= 0.6 is 0 Å². The van der Waals surface area contributed by atoms with Gasteiger partial charge in [0.15, 0.2) is 0 Å². The molecule has 1 aliphatic heterocycles. The van der Waals surface area contributed by atoms with E-state index < -0.39 is 0 Å². The maximum absolute atomic E-state index is 12.5. The summed E-state index contributed by atoms with van der Waals surface area (Å²) in [5.74, 6) is 0.691. The molecule has 3 rings (SSSR count). The maximum Gasteiger partial charge on any atom is 0.255 e. The lowest BCUT2D eigenvalue weighted by Crippen LogP contribution is -2.45. The van der Waals surface area contributed by atoms with Crippen LogP contribution in [-0.4, -0.2) is 42.3 Å². The van der Waals surface area contributed by atoms with Crippen molar-refractivity contribution in [3.8, 4) is 17.0 Å². The molecule has 1 atom stereocenters. The molecule has 0 saturated carbocycles. The van der Waals surface area contributed by atoms with E-state index in [0.29, 0.717) is 5.56 Å². The highest BCUT2D eigenvalue weighted by molar-refractivity contribution is 5.99. The summed E-state index contributed by atoms with van der Waals surface area (Å²) >= 11 is 0. The highest BCUT2D eigenvalue weighted by Crippen LogP contribution is 2.23. The van der Waals surface area contributed by atoms with Gasteiger partial charge < -0.3 is 15.4 Å². The largest absolute Gasteiger partial charge is 0.497 e. The molecule has 1 aliphatic rings. The highest BCUT2D eigenvalue weighted by Gasteiger charge is 2.20. The third kappa shape index (κ3) is 3.12. The fraction of sp³-hybridized carbons (Fsp3) is 0.375. The molecule has 0 aliphatic carbocycles. The second-order valence-electron chi connectivity index (χ2n) is 5.40. The van der Waals surface area contributed by atoms with E-state index in [9.17, 15) is 4.79 Å². The minimum Gasteiger partial charge on any atom is -0.497 e. The molecule has 1 fully saturated rings. The standard InChI is InChI=1S/C16H20N4O2/c1-22-13-6-4-11(5-7-13)15-14(10-18-20-15)16(21)19-12-3-2-8-17-9-12/h4-7,10,12,17H,2-3,8-9H2,1H3,(H,18,20)(H,19,21). The van der Waals surface area contributed by atoms with Gasteiger partial charge >= 0.3 is 0 Å². The minimum absolute atomic E-state index is 0.0896. The molecule has 2 aromatic rings. The Bertz CT molecular complexity index is 630. The lowest BCUT2D eigenvalue weighted by Gasteiger charge is -2.23. The molecule has 1 aromatic heterocycles. The number of hydrogen-bond donors (Lipinski definition) is 3. The number of piperidine rings is 1. The van der Waals surface area contributed by atoms with Crippen LogP contribution in [0.4, 0.5) is 0 Å². The van der Waals surface area contributed by atoms with E-state index in [1.165, 1.54) is 0 Å². The number of aromatic nitrogens is 2. The van der Waals surface area contributed by atoms with Gasteiger partial charge in [0, 0.05) is 18.2 Å². The molecular weight excluding hydrogens is 280 g/mol. The second-order valence-corrected chi connectivity index (χ2v) is 5.40. The molecule has 1 unspecified atom stereocenters. The van der Waals surface area contributed by atoms with Crippen molar-refractivity contribution in [3.05, 3.63) is 36.0 Å². The van der Waals surface area contributed by atoms with Crippen LogP contribution in [0.2, 0.25) is 0 Å². The van der Waals surface area contributed by atoms with E-state index in [1.54, 1.807) is 13.3 Å². The van der Waals surface area contributed by atoms with Crippen LogP contribution < -0.4 is 15.4 Å². The Labute approximate surface area is 129 Å². The maximum atomic E-state index is 12.5. The van der Waals surface area contributed by atoms with Crippen molar-refractivity contribution in [1.82, 2.24) is 20.8 Å². The summed E-state index contributed by atoms with van der Waals surface area (Å²) < 4.78 is 5.15. The van der Waals surface area contributed by atoms with Gasteiger partial charge in [-0.05, 0) is 43.7 Å². The number of rotatable bonds is 4. The van der Waals surface area contributed by atoms with E-state index in [2.05, 4.69) is 20.8 Å². The molecule has 6 nitrogen and oxygen atoms in total. The van der Waals surface area contributed by atoms with E-state index in [4.69, 9.17) is 4.74 Å². The lowest BCUT2D eigenvalue weighted by molar-refractivity contribution is 0.0931. The number of amides is 1. The van der Waals surface area contributed by atoms with Gasteiger partial charge in [0.1, 0.15) is 5.75 Å². The normalized spacial score (nSPS) is 18.0. The average molecular weight is 300 g/mol. The predicted octanol–water partition coefficient (Wildman–Crippen LogP) is 1.57. The third-order valence-corrected chi connectivity index (χ3v) is 3.89. The number of aromatic amines is 1. The smallest absolute Gasteiger partial charge is 0.255 e. The summed E-state index contributed by atoms with van der Waals surface area (Å²) in [5.41, 5.74) is 2.20. The van der Waals surface area contributed by atoms with Gasteiger partial charge in [0.05, 0.1) is 24.6 Å². The number of nitrogens with one attached hydrogen (secondary N) is 3. The number of carbonyl (C=O) groups is 1. The zero-order chi connectivity index (χ0) is 15.4. The Morgan fingerprint density at radius 3 is 2.86 bits per heavy atom. The van der Waals surface area contributed by atoms with Crippen molar-refractivity contribution >= 4 is 5.91 Å². The molecule has 22 heavy (non-hydrogen) atoms. The molecule has 116 valence electrons. The van der Waals surface area contributed by atoms with Crippen LogP contribution in [0.3, 0.4) is 0 Å². The quantitative estimate of drug-likeness (QED) is 0.801. The van der Waals surface area contributed by atoms with Crippen LogP contribution in [0.25, 0.3) is 11.3 Å². The minimum atomic E-state index is -0.0896. The summed E-state index contributed by atoms with van der Waals surface area (Å²) in [6.07, 6.45) is 3.67. The summed E-state index contributed by atoms with van der Waals surface area (Å²) in [7, 11) is 1.63. The van der Waals surface area contributed by atoms with Crippen LogP contribution in [0, 0.1) is 0 Å². The Kier molecular flexibility index (Phi) is 4.39. The first-order valence-electron chi connectivity index (χ1n) is 7.47. The fourth-order valence-electron chi connectivity index (χ4n) is 2.67. The van der Waals surface area contributed by atoms with Crippen molar-refractivity contribution in [2.75, 3.05) is 20.2 Å². The number of methoxy groups -OCH3 is 1. The van der Waals surface area contributed by atoms with Crippen molar-refractivity contribution in [1.29, 1.82) is 0 Å². The monoisotopic (exact) mass is 300 g/mol. The first-order chi connectivity index (χ1) is 10.8. The lowest BCUT2D eigenvalue weighted by atomic mass is 10.1. The van der Waals surface area contributed by atoms with Crippen LogP contribution in [0.5, 0.6) is 5.75 Å². The van der Waals surface area contributed by atoms with Gasteiger partial charge in [0.2, 0.25) is 0 Å². The van der Waals surface area contributed by atoms with Crippen LogP contribution in [-0.2, 0) is 0 Å². The first kappa shape index (κ1) is 14.6. The zero-order valence-electron chi connectivity index (χ0n) is 12.6. The fourth-order valence-corrected chi connectivity index (χ4v) is 2.67. The van der Waals surface area contributed by atoms with Gasteiger partial charge in [-0.1, -0.05) is 0 Å². The number of nitrogens with zero attached hydrogens (tertiary/aromatic N) is 1. The van der Waals surface area contributed by atoms with Crippen molar-refractivity contribution in [3.63, 3.8) is 0 Å². The molecule has 0 spiro atoms. The van der Waals surface area contributed by atoms with Crippen molar-refractivity contribution in [2.45, 2.75) is 18.9 Å². The third-order valence-electron chi connectivity index (χ3n) is 3.89.